The maximum atomic E-state index is 12.2. The Morgan fingerprint density at radius 1 is 1.22 bits per heavy atom. The minimum atomic E-state index is -0.802. The van der Waals surface area contributed by atoms with E-state index in [0.29, 0.717) is 19.6 Å². The lowest BCUT2D eigenvalue weighted by Crippen LogP contribution is -2.45. The second-order valence-electron chi connectivity index (χ2n) is 5.15. The molecule has 2 aliphatic heterocycles. The standard InChI is InChI=1S/C12H20N2O4/c15-8-10-2-1-4-14(10)12(18)13-5-3-9(7-13)6-11(16)17/h9-10,15H,1-8H2,(H,16,17). The molecule has 0 bridgehead atoms. The SMILES string of the molecule is O=C(O)CC1CCN(C(=O)N2CCCC2CO)C1. The molecule has 18 heavy (non-hydrogen) atoms. The fourth-order valence-electron chi connectivity index (χ4n) is 2.88. The van der Waals surface area contributed by atoms with Gasteiger partial charge in [-0.2, -0.15) is 0 Å². The van der Waals surface area contributed by atoms with Crippen LogP contribution in [-0.4, -0.2) is 64.3 Å². The lowest BCUT2D eigenvalue weighted by Gasteiger charge is -2.28. The predicted octanol–water partition coefficient (Wildman–Crippen LogP) is 0.360. The van der Waals surface area contributed by atoms with Crippen molar-refractivity contribution in [3.05, 3.63) is 0 Å². The molecule has 102 valence electrons. The number of urea groups is 1. The summed E-state index contributed by atoms with van der Waals surface area (Å²) in [5.41, 5.74) is 0. The lowest BCUT2D eigenvalue weighted by molar-refractivity contribution is -0.138. The zero-order chi connectivity index (χ0) is 13.1. The first kappa shape index (κ1) is 13.1. The highest BCUT2D eigenvalue weighted by Crippen LogP contribution is 2.24. The molecular weight excluding hydrogens is 236 g/mol. The lowest BCUT2D eigenvalue weighted by atomic mass is 10.1. The molecule has 6 heteroatoms. The monoisotopic (exact) mass is 256 g/mol. The number of carboxylic acids is 1. The summed E-state index contributed by atoms with van der Waals surface area (Å²) >= 11 is 0. The van der Waals surface area contributed by atoms with Crippen LogP contribution in [0.5, 0.6) is 0 Å². The third-order valence-electron chi connectivity index (χ3n) is 3.85. The fourth-order valence-corrected chi connectivity index (χ4v) is 2.88. The van der Waals surface area contributed by atoms with E-state index in [9.17, 15) is 14.7 Å². The van der Waals surface area contributed by atoms with Crippen molar-refractivity contribution in [2.24, 2.45) is 5.92 Å². The Morgan fingerprint density at radius 3 is 2.67 bits per heavy atom. The van der Waals surface area contributed by atoms with Crippen molar-refractivity contribution in [1.29, 1.82) is 0 Å². The molecular formula is C12H20N2O4. The molecule has 2 rings (SSSR count). The van der Waals surface area contributed by atoms with Gasteiger partial charge < -0.3 is 20.0 Å². The zero-order valence-electron chi connectivity index (χ0n) is 10.4. The normalized spacial score (nSPS) is 27.8. The molecule has 2 unspecified atom stereocenters. The van der Waals surface area contributed by atoms with Crippen LogP contribution in [0.4, 0.5) is 4.79 Å². The number of hydrogen-bond donors (Lipinski definition) is 2. The molecule has 2 aliphatic rings. The Bertz CT molecular complexity index is 334. The van der Waals surface area contributed by atoms with Crippen molar-refractivity contribution in [3.63, 3.8) is 0 Å². The largest absolute Gasteiger partial charge is 0.481 e. The van der Waals surface area contributed by atoms with Gasteiger partial charge in [-0.1, -0.05) is 0 Å². The number of nitrogens with zero attached hydrogens (tertiary/aromatic N) is 2. The van der Waals surface area contributed by atoms with E-state index < -0.39 is 5.97 Å². The van der Waals surface area contributed by atoms with Crippen LogP contribution in [0, 0.1) is 5.92 Å². The Kier molecular flexibility index (Phi) is 4.06. The number of carboxylic acid groups (broad SMARTS) is 1. The van der Waals surface area contributed by atoms with Gasteiger partial charge in [0.15, 0.2) is 0 Å². The maximum absolute atomic E-state index is 12.2. The second-order valence-corrected chi connectivity index (χ2v) is 5.15. The molecule has 0 radical (unpaired) electrons. The van der Waals surface area contributed by atoms with Crippen molar-refractivity contribution < 1.29 is 19.8 Å². The Morgan fingerprint density at radius 2 is 2.00 bits per heavy atom. The number of rotatable bonds is 3. The minimum absolute atomic E-state index is 0.0120. The van der Waals surface area contributed by atoms with E-state index in [1.54, 1.807) is 9.80 Å². The quantitative estimate of drug-likeness (QED) is 0.764. The number of carbonyl (C=O) groups excluding carboxylic acids is 1. The molecule has 2 N–H and O–H groups in total. The van der Waals surface area contributed by atoms with Crippen LogP contribution in [0.15, 0.2) is 0 Å². The number of aliphatic hydroxyl groups is 1. The first-order valence-corrected chi connectivity index (χ1v) is 6.50. The number of carbonyl (C=O) groups is 2. The van der Waals surface area contributed by atoms with E-state index in [1.807, 2.05) is 0 Å². The van der Waals surface area contributed by atoms with Gasteiger partial charge >= 0.3 is 12.0 Å². The van der Waals surface area contributed by atoms with Gasteiger partial charge in [0, 0.05) is 26.1 Å². The zero-order valence-corrected chi connectivity index (χ0v) is 10.4. The molecule has 0 aliphatic carbocycles. The van der Waals surface area contributed by atoms with E-state index in [4.69, 9.17) is 5.11 Å². The van der Waals surface area contributed by atoms with Gasteiger partial charge in [0.25, 0.3) is 0 Å². The molecule has 6 nitrogen and oxygen atoms in total. The summed E-state index contributed by atoms with van der Waals surface area (Å²) in [5.74, 6) is -0.731. The highest BCUT2D eigenvalue weighted by Gasteiger charge is 2.35. The van der Waals surface area contributed by atoms with Gasteiger partial charge in [-0.05, 0) is 25.2 Å². The van der Waals surface area contributed by atoms with E-state index in [2.05, 4.69) is 0 Å². The van der Waals surface area contributed by atoms with Gasteiger partial charge in [0.1, 0.15) is 0 Å². The average Bonchev–Trinajstić information content (AvgIpc) is 2.95. The third kappa shape index (κ3) is 2.75. The third-order valence-corrected chi connectivity index (χ3v) is 3.85. The Balaban J connectivity index is 1.89. The van der Waals surface area contributed by atoms with Gasteiger partial charge in [0.05, 0.1) is 12.6 Å². The molecule has 0 saturated carbocycles. The highest BCUT2D eigenvalue weighted by molar-refractivity contribution is 5.75. The van der Waals surface area contributed by atoms with Crippen LogP contribution in [0.3, 0.4) is 0 Å². The summed E-state index contributed by atoms with van der Waals surface area (Å²) in [4.78, 5) is 26.3. The predicted molar refractivity (Wildman–Crippen MR) is 64.1 cm³/mol. The van der Waals surface area contributed by atoms with Crippen molar-refractivity contribution in [1.82, 2.24) is 9.80 Å². The minimum Gasteiger partial charge on any atom is -0.481 e. The van der Waals surface area contributed by atoms with Crippen LogP contribution in [0.2, 0.25) is 0 Å². The van der Waals surface area contributed by atoms with E-state index in [-0.39, 0.29) is 31.0 Å². The molecule has 2 amide bonds. The number of hydrogen-bond acceptors (Lipinski definition) is 3. The van der Waals surface area contributed by atoms with Crippen LogP contribution in [0.1, 0.15) is 25.7 Å². The summed E-state index contributed by atoms with van der Waals surface area (Å²) in [6.07, 6.45) is 2.68. The van der Waals surface area contributed by atoms with E-state index in [0.717, 1.165) is 19.3 Å². The molecule has 2 fully saturated rings. The number of aliphatic hydroxyl groups excluding tert-OH is 1. The fraction of sp³-hybridized carbons (Fsp3) is 0.833. The first-order chi connectivity index (χ1) is 8.61. The average molecular weight is 256 g/mol. The molecule has 2 heterocycles. The van der Waals surface area contributed by atoms with Crippen LogP contribution in [-0.2, 0) is 4.79 Å². The maximum Gasteiger partial charge on any atom is 0.320 e. The first-order valence-electron chi connectivity index (χ1n) is 6.50. The number of amides is 2. The van der Waals surface area contributed by atoms with Gasteiger partial charge in [-0.3, -0.25) is 4.79 Å². The summed E-state index contributed by atoms with van der Waals surface area (Å²) in [7, 11) is 0. The summed E-state index contributed by atoms with van der Waals surface area (Å²) in [6.45, 7) is 1.87. The van der Waals surface area contributed by atoms with E-state index >= 15 is 0 Å². The molecule has 0 aromatic carbocycles. The molecule has 2 atom stereocenters. The Labute approximate surface area is 106 Å². The van der Waals surface area contributed by atoms with Crippen LogP contribution >= 0.6 is 0 Å². The van der Waals surface area contributed by atoms with Gasteiger partial charge in [-0.15, -0.1) is 0 Å². The molecule has 0 aromatic rings. The van der Waals surface area contributed by atoms with Crippen molar-refractivity contribution in [2.45, 2.75) is 31.7 Å². The Hall–Kier alpha value is -1.30. The van der Waals surface area contributed by atoms with Gasteiger partial charge in [-0.25, -0.2) is 4.79 Å². The topological polar surface area (TPSA) is 81.1 Å². The van der Waals surface area contributed by atoms with Crippen molar-refractivity contribution in [2.75, 3.05) is 26.2 Å². The van der Waals surface area contributed by atoms with Crippen molar-refractivity contribution in [3.8, 4) is 0 Å². The number of aliphatic carboxylic acids is 1. The van der Waals surface area contributed by atoms with Crippen LogP contribution < -0.4 is 0 Å². The highest BCUT2D eigenvalue weighted by atomic mass is 16.4. The summed E-state index contributed by atoms with van der Waals surface area (Å²) in [5, 5.41) is 18.0. The molecule has 0 aromatic heterocycles. The van der Waals surface area contributed by atoms with Crippen LogP contribution in [0.25, 0.3) is 0 Å². The molecule has 2 saturated heterocycles. The summed E-state index contributed by atoms with van der Waals surface area (Å²) in [6, 6.07) is -0.101. The molecule has 0 spiro atoms. The summed E-state index contributed by atoms with van der Waals surface area (Å²) < 4.78 is 0. The van der Waals surface area contributed by atoms with Gasteiger partial charge in [0.2, 0.25) is 0 Å². The smallest absolute Gasteiger partial charge is 0.320 e. The number of likely N-dealkylation sites (tertiary alicyclic amines) is 2. The van der Waals surface area contributed by atoms with Crippen molar-refractivity contribution >= 4 is 12.0 Å². The second kappa shape index (κ2) is 5.56. The van der Waals surface area contributed by atoms with E-state index in [1.165, 1.54) is 0 Å².